The number of anilines is 1. The minimum absolute atomic E-state index is 0.0887. The molecule has 0 fully saturated rings. The molecule has 0 spiro atoms. The number of hydrogen-bond acceptors (Lipinski definition) is 10. The lowest BCUT2D eigenvalue weighted by atomic mass is 10.2. The standard InChI is InChI=1S/C18H20N6O4S/c1-2-3-10-23(11-8-17(25)28-12-9-19)15-6-4-14(5-7-15)21-22-18-20-13-16(29-18)24(26)27/h4-7,13H,2-3,8,10-12H2,1H3/b22-21+. The van der Waals surface area contributed by atoms with Crippen molar-refractivity contribution in [3.63, 3.8) is 0 Å². The highest BCUT2D eigenvalue weighted by Crippen LogP contribution is 2.29. The molecule has 1 aromatic carbocycles. The number of ether oxygens (including phenoxy) is 1. The van der Waals surface area contributed by atoms with E-state index in [-0.39, 0.29) is 23.2 Å². The molecule has 0 unspecified atom stereocenters. The first kappa shape index (κ1) is 21.9. The molecule has 11 heteroatoms. The second-order valence-electron chi connectivity index (χ2n) is 5.86. The molecule has 0 saturated carbocycles. The molecule has 0 N–H and O–H groups in total. The maximum absolute atomic E-state index is 11.7. The lowest BCUT2D eigenvalue weighted by Crippen LogP contribution is -2.27. The van der Waals surface area contributed by atoms with Crippen LogP contribution in [0.1, 0.15) is 26.2 Å². The Kier molecular flexibility index (Phi) is 8.65. The molecule has 10 nitrogen and oxygen atoms in total. The van der Waals surface area contributed by atoms with Gasteiger partial charge in [0.1, 0.15) is 12.3 Å². The SMILES string of the molecule is CCCCN(CCC(=O)OCC#N)c1ccc(/N=N/c2ncc([N+](=O)[O-])s2)cc1. The van der Waals surface area contributed by atoms with Gasteiger partial charge in [-0.1, -0.05) is 13.3 Å². The lowest BCUT2D eigenvalue weighted by molar-refractivity contribution is -0.380. The maximum atomic E-state index is 11.7. The average molecular weight is 416 g/mol. The summed E-state index contributed by atoms with van der Waals surface area (Å²) in [5.41, 5.74) is 1.51. The highest BCUT2D eigenvalue weighted by atomic mass is 32.1. The van der Waals surface area contributed by atoms with Crippen molar-refractivity contribution >= 4 is 38.8 Å². The lowest BCUT2D eigenvalue weighted by Gasteiger charge is -2.24. The van der Waals surface area contributed by atoms with Gasteiger partial charge in [0.2, 0.25) is 5.13 Å². The normalized spacial score (nSPS) is 10.6. The largest absolute Gasteiger partial charge is 0.450 e. The van der Waals surface area contributed by atoms with Crippen LogP contribution in [-0.4, -0.2) is 35.6 Å². The Morgan fingerprint density at radius 2 is 2.10 bits per heavy atom. The maximum Gasteiger partial charge on any atom is 0.345 e. The van der Waals surface area contributed by atoms with Crippen LogP contribution in [0.15, 0.2) is 40.7 Å². The van der Waals surface area contributed by atoms with Crippen molar-refractivity contribution in [1.82, 2.24) is 4.98 Å². The first-order chi connectivity index (χ1) is 14.0. The number of unbranched alkanes of at least 4 members (excludes halogenated alkanes) is 1. The summed E-state index contributed by atoms with van der Waals surface area (Å²) >= 11 is 0.849. The smallest absolute Gasteiger partial charge is 0.345 e. The van der Waals surface area contributed by atoms with Crippen molar-refractivity contribution in [1.29, 1.82) is 5.26 Å². The van der Waals surface area contributed by atoms with Gasteiger partial charge in [0.05, 0.1) is 17.0 Å². The number of azo groups is 1. The predicted octanol–water partition coefficient (Wildman–Crippen LogP) is 4.53. The number of rotatable bonds is 11. The van der Waals surface area contributed by atoms with Gasteiger partial charge < -0.3 is 9.64 Å². The van der Waals surface area contributed by atoms with Gasteiger partial charge >= 0.3 is 11.0 Å². The van der Waals surface area contributed by atoms with Crippen LogP contribution in [0.4, 0.5) is 21.5 Å². The second-order valence-corrected chi connectivity index (χ2v) is 6.85. The van der Waals surface area contributed by atoms with Gasteiger partial charge in [0.15, 0.2) is 6.61 Å². The monoisotopic (exact) mass is 416 g/mol. The van der Waals surface area contributed by atoms with Crippen LogP contribution < -0.4 is 4.90 Å². The summed E-state index contributed by atoms with van der Waals surface area (Å²) in [5.74, 6) is -0.406. The number of thiazole rings is 1. The van der Waals surface area contributed by atoms with Gasteiger partial charge in [-0.2, -0.15) is 5.26 Å². The third kappa shape index (κ3) is 7.27. The van der Waals surface area contributed by atoms with E-state index in [0.717, 1.165) is 42.6 Å². The van der Waals surface area contributed by atoms with Gasteiger partial charge in [-0.15, -0.1) is 10.2 Å². The van der Waals surface area contributed by atoms with Crippen molar-refractivity contribution in [2.45, 2.75) is 26.2 Å². The molecule has 2 rings (SSSR count). The molecule has 0 amide bonds. The number of nitro groups is 1. The molecular formula is C18H20N6O4S. The fraction of sp³-hybridized carbons (Fsp3) is 0.389. The number of nitriles is 1. The molecule has 0 radical (unpaired) electrons. The Balaban J connectivity index is 2.01. The third-order valence-electron chi connectivity index (χ3n) is 3.79. The summed E-state index contributed by atoms with van der Waals surface area (Å²) < 4.78 is 4.79. The summed E-state index contributed by atoms with van der Waals surface area (Å²) in [5, 5.41) is 27.2. The first-order valence-electron chi connectivity index (χ1n) is 8.93. The minimum atomic E-state index is -0.521. The Bertz CT molecular complexity index is 891. The predicted molar refractivity (Wildman–Crippen MR) is 108 cm³/mol. The van der Waals surface area contributed by atoms with Gasteiger partial charge in [0.25, 0.3) is 0 Å². The number of benzene rings is 1. The molecule has 0 aliphatic rings. The van der Waals surface area contributed by atoms with E-state index < -0.39 is 10.9 Å². The summed E-state index contributed by atoms with van der Waals surface area (Å²) in [7, 11) is 0. The number of carbonyl (C=O) groups is 1. The van der Waals surface area contributed by atoms with Crippen LogP contribution in [-0.2, 0) is 9.53 Å². The van der Waals surface area contributed by atoms with E-state index in [4.69, 9.17) is 10.00 Å². The number of carbonyl (C=O) groups excluding carboxylic acids is 1. The van der Waals surface area contributed by atoms with Crippen LogP contribution in [0.5, 0.6) is 0 Å². The van der Waals surface area contributed by atoms with Crippen LogP contribution >= 0.6 is 11.3 Å². The molecule has 0 atom stereocenters. The fourth-order valence-corrected chi connectivity index (χ4v) is 2.90. The Labute approximate surface area is 171 Å². The van der Waals surface area contributed by atoms with Gasteiger partial charge in [-0.05, 0) is 42.0 Å². The van der Waals surface area contributed by atoms with Crippen molar-refractivity contribution in [2.75, 3.05) is 24.6 Å². The van der Waals surface area contributed by atoms with Crippen LogP contribution in [0, 0.1) is 21.4 Å². The molecule has 0 aliphatic heterocycles. The molecule has 152 valence electrons. The summed E-state index contributed by atoms with van der Waals surface area (Å²) in [6.07, 6.45) is 3.32. The van der Waals surface area contributed by atoms with E-state index in [1.165, 1.54) is 0 Å². The zero-order chi connectivity index (χ0) is 21.1. The van der Waals surface area contributed by atoms with Crippen LogP contribution in [0.2, 0.25) is 0 Å². The second kappa shape index (κ2) is 11.5. The summed E-state index contributed by atoms with van der Waals surface area (Å²) in [6, 6.07) is 9.06. The van der Waals surface area contributed by atoms with Crippen molar-refractivity contribution in [3.8, 4) is 6.07 Å². The highest BCUT2D eigenvalue weighted by molar-refractivity contribution is 7.18. The van der Waals surface area contributed by atoms with Gasteiger partial charge in [-0.3, -0.25) is 14.9 Å². The number of hydrogen-bond donors (Lipinski definition) is 0. The van der Waals surface area contributed by atoms with E-state index in [9.17, 15) is 14.9 Å². The van der Waals surface area contributed by atoms with Crippen LogP contribution in [0.3, 0.4) is 0 Å². The van der Waals surface area contributed by atoms with E-state index in [1.54, 1.807) is 18.2 Å². The first-order valence-corrected chi connectivity index (χ1v) is 9.74. The quantitative estimate of drug-likeness (QED) is 0.227. The molecular weight excluding hydrogens is 396 g/mol. The Morgan fingerprint density at radius 1 is 1.34 bits per heavy atom. The minimum Gasteiger partial charge on any atom is -0.450 e. The number of nitrogens with zero attached hydrogens (tertiary/aromatic N) is 6. The summed E-state index contributed by atoms with van der Waals surface area (Å²) in [6.45, 7) is 3.11. The zero-order valence-corrected chi connectivity index (χ0v) is 16.7. The van der Waals surface area contributed by atoms with Crippen molar-refractivity contribution in [2.24, 2.45) is 10.2 Å². The molecule has 0 aliphatic carbocycles. The highest BCUT2D eigenvalue weighted by Gasteiger charge is 2.12. The van der Waals surface area contributed by atoms with Gasteiger partial charge in [-0.25, -0.2) is 4.98 Å². The molecule has 1 heterocycles. The van der Waals surface area contributed by atoms with E-state index >= 15 is 0 Å². The van der Waals surface area contributed by atoms with E-state index in [0.29, 0.717) is 12.2 Å². The van der Waals surface area contributed by atoms with Crippen molar-refractivity contribution < 1.29 is 14.5 Å². The zero-order valence-electron chi connectivity index (χ0n) is 15.9. The van der Waals surface area contributed by atoms with E-state index in [2.05, 4.69) is 27.0 Å². The van der Waals surface area contributed by atoms with Gasteiger partial charge in [0, 0.05) is 18.8 Å². The Hall–Kier alpha value is -3.39. The molecule has 1 aromatic heterocycles. The molecule has 0 saturated heterocycles. The molecule has 2 aromatic rings. The topological polar surface area (TPSA) is 134 Å². The summed E-state index contributed by atoms with van der Waals surface area (Å²) in [4.78, 5) is 27.7. The fourth-order valence-electron chi connectivity index (χ4n) is 2.35. The number of esters is 1. The molecule has 0 bridgehead atoms. The Morgan fingerprint density at radius 3 is 2.72 bits per heavy atom. The molecule has 29 heavy (non-hydrogen) atoms. The third-order valence-corrected chi connectivity index (χ3v) is 4.63. The van der Waals surface area contributed by atoms with Crippen molar-refractivity contribution in [3.05, 3.63) is 40.6 Å². The number of aromatic nitrogens is 1. The van der Waals surface area contributed by atoms with E-state index in [1.807, 2.05) is 12.1 Å². The average Bonchev–Trinajstić information content (AvgIpc) is 3.21. The van der Waals surface area contributed by atoms with Crippen LogP contribution in [0.25, 0.3) is 0 Å².